The summed E-state index contributed by atoms with van der Waals surface area (Å²) in [7, 11) is 4.26. The number of aliphatic hydroxyl groups is 1. The number of hydrogen-bond donors (Lipinski definition) is 1. The van der Waals surface area contributed by atoms with Gasteiger partial charge in [-0.2, -0.15) is 0 Å². The van der Waals surface area contributed by atoms with Gasteiger partial charge in [-0.3, -0.25) is 4.79 Å². The highest BCUT2D eigenvalue weighted by molar-refractivity contribution is 5.70. The molecule has 1 atom stereocenters. The van der Waals surface area contributed by atoms with Crippen molar-refractivity contribution in [3.05, 3.63) is 23.8 Å². The molecule has 1 aromatic carbocycles. The first-order chi connectivity index (χ1) is 8.13. The van der Waals surface area contributed by atoms with E-state index >= 15 is 0 Å². The van der Waals surface area contributed by atoms with Crippen LogP contribution in [0.5, 0.6) is 11.5 Å². The second-order valence-electron chi connectivity index (χ2n) is 3.38. The lowest BCUT2D eigenvalue weighted by Gasteiger charge is -2.16. The first-order valence-corrected chi connectivity index (χ1v) is 5.09. The molecule has 94 valence electrons. The van der Waals surface area contributed by atoms with Gasteiger partial charge in [-0.1, -0.05) is 12.1 Å². The Hall–Kier alpha value is -1.75. The lowest BCUT2D eigenvalue weighted by molar-refractivity contribution is -0.142. The molecule has 0 bridgehead atoms. The molecule has 0 aromatic heterocycles. The van der Waals surface area contributed by atoms with Crippen LogP contribution < -0.4 is 9.47 Å². The van der Waals surface area contributed by atoms with E-state index in [1.807, 2.05) is 0 Å². The highest BCUT2D eigenvalue weighted by Gasteiger charge is 2.19. The smallest absolute Gasteiger partial charge is 0.308 e. The van der Waals surface area contributed by atoms with Crippen molar-refractivity contribution in [1.82, 2.24) is 0 Å². The fourth-order valence-electron chi connectivity index (χ4n) is 1.53. The van der Waals surface area contributed by atoms with E-state index in [-0.39, 0.29) is 6.42 Å². The van der Waals surface area contributed by atoms with Crippen molar-refractivity contribution in [3.8, 4) is 11.5 Å². The Morgan fingerprint density at radius 2 is 2.00 bits per heavy atom. The first kappa shape index (κ1) is 13.3. The van der Waals surface area contributed by atoms with Crippen molar-refractivity contribution in [2.75, 3.05) is 21.3 Å². The van der Waals surface area contributed by atoms with Crippen LogP contribution >= 0.6 is 0 Å². The van der Waals surface area contributed by atoms with Gasteiger partial charge in [-0.15, -0.1) is 0 Å². The zero-order chi connectivity index (χ0) is 12.8. The third-order valence-electron chi connectivity index (χ3n) is 2.38. The fourth-order valence-corrected chi connectivity index (χ4v) is 1.53. The summed E-state index contributed by atoms with van der Waals surface area (Å²) in [5.41, 5.74) is 0.497. The predicted octanol–water partition coefficient (Wildman–Crippen LogP) is 1.30. The largest absolute Gasteiger partial charge is 0.493 e. The van der Waals surface area contributed by atoms with Gasteiger partial charge in [0, 0.05) is 5.56 Å². The van der Waals surface area contributed by atoms with Crippen LogP contribution in [0.15, 0.2) is 18.2 Å². The number of aliphatic hydroxyl groups excluding tert-OH is 1. The third-order valence-corrected chi connectivity index (χ3v) is 2.38. The number of carbonyl (C=O) groups excluding carboxylic acids is 1. The first-order valence-electron chi connectivity index (χ1n) is 5.09. The van der Waals surface area contributed by atoms with E-state index in [0.717, 1.165) is 0 Å². The van der Waals surface area contributed by atoms with Crippen LogP contribution in [-0.2, 0) is 9.53 Å². The number of benzene rings is 1. The van der Waals surface area contributed by atoms with Gasteiger partial charge >= 0.3 is 5.97 Å². The summed E-state index contributed by atoms with van der Waals surface area (Å²) in [6, 6.07) is 5.11. The summed E-state index contributed by atoms with van der Waals surface area (Å²) in [5, 5.41) is 9.92. The van der Waals surface area contributed by atoms with Gasteiger partial charge in [0.1, 0.15) is 0 Å². The van der Waals surface area contributed by atoms with Crippen molar-refractivity contribution < 1.29 is 24.1 Å². The molecule has 0 saturated heterocycles. The molecular weight excluding hydrogens is 224 g/mol. The van der Waals surface area contributed by atoms with Gasteiger partial charge in [0.25, 0.3) is 0 Å². The van der Waals surface area contributed by atoms with E-state index in [4.69, 9.17) is 9.47 Å². The average Bonchev–Trinajstić information content (AvgIpc) is 2.37. The molecule has 0 unspecified atom stereocenters. The second-order valence-corrected chi connectivity index (χ2v) is 3.38. The number of rotatable bonds is 5. The molecule has 1 N–H and O–H groups in total. The lowest BCUT2D eigenvalue weighted by Crippen LogP contribution is -2.09. The van der Waals surface area contributed by atoms with E-state index in [1.54, 1.807) is 18.2 Å². The maximum absolute atomic E-state index is 11.1. The van der Waals surface area contributed by atoms with Gasteiger partial charge in [-0.25, -0.2) is 0 Å². The van der Waals surface area contributed by atoms with Crippen LogP contribution in [0.2, 0.25) is 0 Å². The topological polar surface area (TPSA) is 65.0 Å². The number of hydrogen-bond acceptors (Lipinski definition) is 5. The van der Waals surface area contributed by atoms with Crippen molar-refractivity contribution in [3.63, 3.8) is 0 Å². The molecule has 0 heterocycles. The highest BCUT2D eigenvalue weighted by Crippen LogP contribution is 2.35. The molecule has 0 aliphatic rings. The Morgan fingerprint density at radius 1 is 1.29 bits per heavy atom. The minimum absolute atomic E-state index is 0.125. The molecule has 0 amide bonds. The van der Waals surface area contributed by atoms with E-state index in [9.17, 15) is 9.90 Å². The monoisotopic (exact) mass is 240 g/mol. The molecule has 0 aliphatic carbocycles. The molecule has 5 nitrogen and oxygen atoms in total. The standard InChI is InChI=1S/C12H16O5/c1-15-10-6-4-5-8(12(10)17-3)9(13)7-11(14)16-2/h4-6,9,13H,7H2,1-3H3/t9-/m0/s1. The number of esters is 1. The second kappa shape index (κ2) is 6.10. The van der Waals surface area contributed by atoms with Crippen LogP contribution in [0.1, 0.15) is 18.1 Å². The van der Waals surface area contributed by atoms with Crippen LogP contribution in [-0.4, -0.2) is 32.4 Å². The van der Waals surface area contributed by atoms with E-state index in [0.29, 0.717) is 17.1 Å². The van der Waals surface area contributed by atoms with Gasteiger partial charge in [-0.05, 0) is 6.07 Å². The molecule has 17 heavy (non-hydrogen) atoms. The molecular formula is C12H16O5. The van der Waals surface area contributed by atoms with E-state index in [1.165, 1.54) is 21.3 Å². The van der Waals surface area contributed by atoms with Crippen molar-refractivity contribution >= 4 is 5.97 Å². The summed E-state index contributed by atoms with van der Waals surface area (Å²) in [6.07, 6.45) is -1.10. The minimum Gasteiger partial charge on any atom is -0.493 e. The molecule has 1 aromatic rings. The molecule has 0 saturated carbocycles. The van der Waals surface area contributed by atoms with Crippen LogP contribution in [0.4, 0.5) is 0 Å². The Morgan fingerprint density at radius 3 is 2.53 bits per heavy atom. The predicted molar refractivity (Wildman–Crippen MR) is 61.1 cm³/mol. The zero-order valence-corrected chi connectivity index (χ0v) is 10.1. The zero-order valence-electron chi connectivity index (χ0n) is 10.1. The summed E-state index contributed by atoms with van der Waals surface area (Å²) in [4.78, 5) is 11.1. The highest BCUT2D eigenvalue weighted by atomic mass is 16.5. The number of carbonyl (C=O) groups is 1. The number of para-hydroxylation sites is 1. The van der Waals surface area contributed by atoms with Crippen LogP contribution in [0.3, 0.4) is 0 Å². The SMILES string of the molecule is COC(=O)C[C@H](O)c1cccc(OC)c1OC. The van der Waals surface area contributed by atoms with E-state index in [2.05, 4.69) is 4.74 Å². The Balaban J connectivity index is 3.00. The molecule has 0 aliphatic heterocycles. The number of ether oxygens (including phenoxy) is 3. The summed E-state index contributed by atoms with van der Waals surface area (Å²) < 4.78 is 14.8. The minimum atomic E-state index is -0.979. The Kier molecular flexibility index (Phi) is 4.78. The molecule has 0 radical (unpaired) electrons. The third kappa shape index (κ3) is 3.10. The Bertz CT molecular complexity index is 388. The van der Waals surface area contributed by atoms with Crippen molar-refractivity contribution in [1.29, 1.82) is 0 Å². The molecule has 1 rings (SSSR count). The van der Waals surface area contributed by atoms with Gasteiger partial charge in [0.15, 0.2) is 11.5 Å². The summed E-state index contributed by atoms with van der Waals surface area (Å²) in [5.74, 6) is 0.447. The quantitative estimate of drug-likeness (QED) is 0.786. The van der Waals surface area contributed by atoms with Gasteiger partial charge in [0.2, 0.25) is 0 Å². The number of methoxy groups -OCH3 is 3. The molecule has 0 fully saturated rings. The van der Waals surface area contributed by atoms with Crippen molar-refractivity contribution in [2.45, 2.75) is 12.5 Å². The maximum atomic E-state index is 11.1. The average molecular weight is 240 g/mol. The van der Waals surface area contributed by atoms with Gasteiger partial charge < -0.3 is 19.3 Å². The van der Waals surface area contributed by atoms with Gasteiger partial charge in [0.05, 0.1) is 33.9 Å². The van der Waals surface area contributed by atoms with Crippen LogP contribution in [0.25, 0.3) is 0 Å². The summed E-state index contributed by atoms with van der Waals surface area (Å²) in [6.45, 7) is 0. The fraction of sp³-hybridized carbons (Fsp3) is 0.417. The molecule has 0 spiro atoms. The van der Waals surface area contributed by atoms with E-state index < -0.39 is 12.1 Å². The Labute approximate surface area is 99.9 Å². The van der Waals surface area contributed by atoms with Crippen LogP contribution in [0, 0.1) is 0 Å². The summed E-state index contributed by atoms with van der Waals surface area (Å²) >= 11 is 0. The van der Waals surface area contributed by atoms with Crippen molar-refractivity contribution in [2.24, 2.45) is 0 Å². The lowest BCUT2D eigenvalue weighted by atomic mass is 10.0. The maximum Gasteiger partial charge on any atom is 0.308 e. The molecule has 5 heteroatoms. The normalized spacial score (nSPS) is 11.8.